The molecular weight excluding hydrogens is 386 g/mol. The number of carbonyl (C=O) groups excluding carboxylic acids is 2. The fraction of sp³-hybridized carbons (Fsp3) is 0.259. The van der Waals surface area contributed by atoms with Crippen molar-refractivity contribution < 1.29 is 14.7 Å². The number of hydrogen-bond donors (Lipinski definition) is 1. The van der Waals surface area contributed by atoms with Crippen molar-refractivity contribution in [3.63, 3.8) is 0 Å². The van der Waals surface area contributed by atoms with Gasteiger partial charge in [0.1, 0.15) is 0 Å². The average molecular weight is 414 g/mol. The van der Waals surface area contributed by atoms with Gasteiger partial charge in [0.05, 0.1) is 6.61 Å². The summed E-state index contributed by atoms with van der Waals surface area (Å²) in [6.07, 6.45) is 0. The molecule has 0 spiro atoms. The molecule has 0 aliphatic carbocycles. The zero-order valence-corrected chi connectivity index (χ0v) is 17.4. The number of β-amino-alcohol motifs (C(OH)–C–C–N with tert-alkyl or cyclic N) is 1. The Hall–Kier alpha value is -3.08. The number of piperidine rings is 1. The fourth-order valence-corrected chi connectivity index (χ4v) is 4.73. The van der Waals surface area contributed by atoms with E-state index in [2.05, 4.69) is 4.90 Å². The molecule has 0 aromatic heterocycles. The predicted octanol–water partition coefficient (Wildman–Crippen LogP) is 4.08. The number of rotatable bonds is 7. The lowest BCUT2D eigenvalue weighted by atomic mass is 9.68. The molecule has 4 rings (SSSR count). The van der Waals surface area contributed by atoms with Crippen molar-refractivity contribution in [2.75, 3.05) is 26.2 Å². The summed E-state index contributed by atoms with van der Waals surface area (Å²) < 4.78 is 0. The van der Waals surface area contributed by atoms with Crippen molar-refractivity contribution in [1.29, 1.82) is 0 Å². The lowest BCUT2D eigenvalue weighted by Crippen LogP contribution is -2.51. The van der Waals surface area contributed by atoms with E-state index < -0.39 is 0 Å². The summed E-state index contributed by atoms with van der Waals surface area (Å²) in [5.41, 5.74) is 2.32. The van der Waals surface area contributed by atoms with Crippen molar-refractivity contribution in [3.8, 4) is 0 Å². The Balaban J connectivity index is 1.78. The van der Waals surface area contributed by atoms with Gasteiger partial charge in [-0.25, -0.2) is 0 Å². The lowest BCUT2D eigenvalue weighted by molar-refractivity contribution is 0.0530. The first-order valence-corrected chi connectivity index (χ1v) is 10.8. The highest BCUT2D eigenvalue weighted by Gasteiger charge is 2.44. The van der Waals surface area contributed by atoms with Crippen LogP contribution in [0.5, 0.6) is 0 Å². The Morgan fingerprint density at radius 1 is 0.710 bits per heavy atom. The third-order valence-corrected chi connectivity index (χ3v) is 6.17. The van der Waals surface area contributed by atoms with Crippen molar-refractivity contribution >= 4 is 11.6 Å². The van der Waals surface area contributed by atoms with Crippen LogP contribution in [0, 0.1) is 11.8 Å². The molecule has 1 N–H and O–H groups in total. The van der Waals surface area contributed by atoms with E-state index in [9.17, 15) is 14.7 Å². The molecule has 3 aromatic rings. The molecule has 31 heavy (non-hydrogen) atoms. The van der Waals surface area contributed by atoms with Gasteiger partial charge in [-0.05, 0) is 5.56 Å². The van der Waals surface area contributed by atoms with Gasteiger partial charge in [0.15, 0.2) is 11.6 Å². The smallest absolute Gasteiger partial charge is 0.167 e. The number of benzene rings is 3. The minimum absolute atomic E-state index is 0.00546. The molecule has 4 heteroatoms. The normalized spacial score (nSPS) is 21.5. The van der Waals surface area contributed by atoms with Crippen molar-refractivity contribution in [1.82, 2.24) is 4.90 Å². The second-order valence-corrected chi connectivity index (χ2v) is 8.09. The first kappa shape index (κ1) is 21.2. The minimum atomic E-state index is -0.372. The van der Waals surface area contributed by atoms with Crippen LogP contribution in [0.2, 0.25) is 0 Å². The van der Waals surface area contributed by atoms with Crippen LogP contribution in [0.15, 0.2) is 91.0 Å². The SMILES string of the molecule is O=C(c1ccccc1)[C@H]1CN(CCO)C[C@@H](C(=O)c2ccccc2)C1c1ccccc1. The number of likely N-dealkylation sites (tertiary alicyclic amines) is 1. The van der Waals surface area contributed by atoms with Crippen LogP contribution < -0.4 is 0 Å². The predicted molar refractivity (Wildman–Crippen MR) is 121 cm³/mol. The summed E-state index contributed by atoms with van der Waals surface area (Å²) in [6, 6.07) is 28.5. The molecule has 0 saturated carbocycles. The summed E-state index contributed by atoms with van der Waals surface area (Å²) in [5.74, 6) is -0.881. The highest BCUT2D eigenvalue weighted by molar-refractivity contribution is 6.02. The van der Waals surface area contributed by atoms with Crippen molar-refractivity contribution in [3.05, 3.63) is 108 Å². The van der Waals surface area contributed by atoms with E-state index in [4.69, 9.17) is 0 Å². The lowest BCUT2D eigenvalue weighted by Gasteiger charge is -2.43. The van der Waals surface area contributed by atoms with Crippen LogP contribution in [0.3, 0.4) is 0 Å². The van der Waals surface area contributed by atoms with Gasteiger partial charge in [0.25, 0.3) is 0 Å². The highest BCUT2D eigenvalue weighted by atomic mass is 16.3. The second kappa shape index (κ2) is 9.82. The van der Waals surface area contributed by atoms with E-state index >= 15 is 0 Å². The Morgan fingerprint density at radius 2 is 1.13 bits per heavy atom. The summed E-state index contributed by atoms with van der Waals surface area (Å²) in [4.78, 5) is 29.3. The molecule has 3 aromatic carbocycles. The van der Waals surface area contributed by atoms with Gasteiger partial charge in [0.2, 0.25) is 0 Å². The summed E-state index contributed by atoms with van der Waals surface area (Å²) >= 11 is 0. The highest BCUT2D eigenvalue weighted by Crippen LogP contribution is 2.40. The number of nitrogens with zero attached hydrogens (tertiary/aromatic N) is 1. The van der Waals surface area contributed by atoms with Gasteiger partial charge in [0, 0.05) is 48.5 Å². The Labute approximate surface area is 183 Å². The molecular formula is C27H27NO3. The molecule has 0 radical (unpaired) electrons. The fourth-order valence-electron chi connectivity index (χ4n) is 4.73. The van der Waals surface area contributed by atoms with Crippen LogP contribution in [-0.2, 0) is 0 Å². The maximum atomic E-state index is 13.6. The van der Waals surface area contributed by atoms with E-state index in [1.807, 2.05) is 91.0 Å². The monoisotopic (exact) mass is 413 g/mol. The maximum absolute atomic E-state index is 13.6. The summed E-state index contributed by atoms with van der Waals surface area (Å²) in [6.45, 7) is 1.48. The molecule has 1 heterocycles. The zero-order valence-electron chi connectivity index (χ0n) is 17.4. The first-order valence-electron chi connectivity index (χ1n) is 10.8. The summed E-state index contributed by atoms with van der Waals surface area (Å²) in [7, 11) is 0. The maximum Gasteiger partial charge on any atom is 0.167 e. The second-order valence-electron chi connectivity index (χ2n) is 8.09. The molecule has 1 aliphatic heterocycles. The Kier molecular flexibility index (Phi) is 6.70. The van der Waals surface area contributed by atoms with Crippen LogP contribution in [0.1, 0.15) is 32.2 Å². The van der Waals surface area contributed by atoms with E-state index in [0.717, 1.165) is 5.56 Å². The van der Waals surface area contributed by atoms with Crippen molar-refractivity contribution in [2.24, 2.45) is 11.8 Å². The van der Waals surface area contributed by atoms with Gasteiger partial charge in [-0.2, -0.15) is 0 Å². The molecule has 1 aliphatic rings. The van der Waals surface area contributed by atoms with E-state index in [1.54, 1.807) is 0 Å². The number of Topliss-reactive ketones (excluding diaryl/α,β-unsaturated/α-hetero) is 2. The van der Waals surface area contributed by atoms with Gasteiger partial charge in [-0.1, -0.05) is 91.0 Å². The third-order valence-electron chi connectivity index (χ3n) is 6.17. The van der Waals surface area contributed by atoms with Gasteiger partial charge >= 0.3 is 0 Å². The molecule has 4 nitrogen and oxygen atoms in total. The molecule has 0 amide bonds. The molecule has 1 fully saturated rings. The van der Waals surface area contributed by atoms with Crippen LogP contribution in [-0.4, -0.2) is 47.8 Å². The van der Waals surface area contributed by atoms with Gasteiger partial charge in [-0.3, -0.25) is 14.5 Å². The third kappa shape index (κ3) is 4.66. The van der Waals surface area contributed by atoms with E-state index in [0.29, 0.717) is 30.8 Å². The largest absolute Gasteiger partial charge is 0.395 e. The standard InChI is InChI=1S/C27H27NO3/c29-17-16-28-18-23(26(30)21-12-6-2-7-13-21)25(20-10-4-1-5-11-20)24(19-28)27(31)22-14-8-3-9-15-22/h1-15,23-25,29H,16-19H2/t23-,24+,25?. The van der Waals surface area contributed by atoms with Crippen LogP contribution >= 0.6 is 0 Å². The minimum Gasteiger partial charge on any atom is -0.395 e. The quantitative estimate of drug-likeness (QED) is 0.593. The van der Waals surface area contributed by atoms with Crippen LogP contribution in [0.4, 0.5) is 0 Å². The number of carbonyl (C=O) groups is 2. The van der Waals surface area contributed by atoms with Gasteiger partial charge < -0.3 is 5.11 Å². The van der Waals surface area contributed by atoms with E-state index in [-0.39, 0.29) is 35.9 Å². The number of hydrogen-bond acceptors (Lipinski definition) is 4. The Bertz CT molecular complexity index is 943. The number of aliphatic hydroxyl groups is 1. The molecule has 3 atom stereocenters. The number of ketones is 2. The van der Waals surface area contributed by atoms with Crippen molar-refractivity contribution in [2.45, 2.75) is 5.92 Å². The molecule has 0 bridgehead atoms. The first-order chi connectivity index (χ1) is 15.2. The van der Waals surface area contributed by atoms with Gasteiger partial charge in [-0.15, -0.1) is 0 Å². The topological polar surface area (TPSA) is 57.6 Å². The molecule has 158 valence electrons. The Morgan fingerprint density at radius 3 is 1.55 bits per heavy atom. The zero-order chi connectivity index (χ0) is 21.6. The van der Waals surface area contributed by atoms with Crippen LogP contribution in [0.25, 0.3) is 0 Å². The molecule has 1 saturated heterocycles. The number of aliphatic hydroxyl groups excluding tert-OH is 1. The van der Waals surface area contributed by atoms with E-state index in [1.165, 1.54) is 0 Å². The average Bonchev–Trinajstić information content (AvgIpc) is 2.84. The molecule has 1 unspecified atom stereocenters. The summed E-state index contributed by atoms with van der Waals surface area (Å²) in [5, 5.41) is 9.57.